The summed E-state index contributed by atoms with van der Waals surface area (Å²) in [5, 5.41) is 9.65. The van der Waals surface area contributed by atoms with E-state index in [1.807, 2.05) is 63.2 Å². The number of carbonyl (C=O) groups excluding carboxylic acids is 1. The second-order valence-electron chi connectivity index (χ2n) is 5.77. The molecule has 1 amide bonds. The third-order valence-electron chi connectivity index (χ3n) is 3.72. The molecule has 0 fully saturated rings. The molecule has 0 unspecified atom stereocenters. The lowest BCUT2D eigenvalue weighted by atomic mass is 10.1. The molecular weight excluding hydrogens is 318 g/mol. The number of hydrogen-bond acceptors (Lipinski definition) is 2. The highest BCUT2D eigenvalue weighted by Crippen LogP contribution is 2.16. The van der Waals surface area contributed by atoms with Crippen molar-refractivity contribution in [2.75, 3.05) is 10.6 Å². The predicted octanol–water partition coefficient (Wildman–Crippen LogP) is 4.33. The van der Waals surface area contributed by atoms with E-state index in [4.69, 9.17) is 12.2 Å². The Labute approximate surface area is 148 Å². The van der Waals surface area contributed by atoms with Gasteiger partial charge >= 0.3 is 0 Å². The van der Waals surface area contributed by atoms with Crippen LogP contribution in [0.3, 0.4) is 0 Å². The van der Waals surface area contributed by atoms with Gasteiger partial charge in [0, 0.05) is 11.7 Å². The van der Waals surface area contributed by atoms with Crippen LogP contribution in [0, 0.1) is 6.92 Å². The van der Waals surface area contributed by atoms with Crippen LogP contribution in [-0.2, 0) is 0 Å². The first-order chi connectivity index (χ1) is 11.5. The highest BCUT2D eigenvalue weighted by molar-refractivity contribution is 7.80. The van der Waals surface area contributed by atoms with Crippen molar-refractivity contribution in [1.82, 2.24) is 5.32 Å². The second kappa shape index (κ2) is 8.45. The number of nitrogens with one attached hydrogen (secondary N) is 3. The maximum atomic E-state index is 12.4. The summed E-state index contributed by atoms with van der Waals surface area (Å²) < 4.78 is 0. The zero-order valence-electron chi connectivity index (χ0n) is 14.2. The number of aryl methyl sites for hydroxylation is 1. The molecule has 3 N–H and O–H groups in total. The third kappa shape index (κ3) is 5.06. The van der Waals surface area contributed by atoms with Crippen LogP contribution in [0.15, 0.2) is 48.5 Å². The van der Waals surface area contributed by atoms with Crippen molar-refractivity contribution in [3.63, 3.8) is 0 Å². The summed E-state index contributed by atoms with van der Waals surface area (Å²) in [6.07, 6.45) is 0.884. The summed E-state index contributed by atoms with van der Waals surface area (Å²) in [6, 6.07) is 15.4. The van der Waals surface area contributed by atoms with E-state index in [0.717, 1.165) is 12.1 Å². The normalized spacial score (nSPS) is 11.5. The lowest BCUT2D eigenvalue weighted by molar-refractivity contribution is 0.0940. The summed E-state index contributed by atoms with van der Waals surface area (Å²) in [7, 11) is 0. The summed E-state index contributed by atoms with van der Waals surface area (Å²) >= 11 is 5.35. The molecule has 24 heavy (non-hydrogen) atoms. The van der Waals surface area contributed by atoms with Crippen LogP contribution in [0.5, 0.6) is 0 Å². The standard InChI is InChI=1S/C19H23N3OS/c1-4-14(3)20-18(23)16-7-5-6-8-17(16)22-19(24)21-15-11-9-13(2)10-12-15/h5-12,14H,4H2,1-3H3,(H,20,23)(H2,21,22,24)/t14-/m0/s1. The first-order valence-electron chi connectivity index (χ1n) is 8.04. The summed E-state index contributed by atoms with van der Waals surface area (Å²) in [4.78, 5) is 12.4. The van der Waals surface area contributed by atoms with Gasteiger partial charge in [0.15, 0.2) is 5.11 Å². The number of para-hydroxylation sites is 1. The first-order valence-corrected chi connectivity index (χ1v) is 8.45. The van der Waals surface area contributed by atoms with E-state index >= 15 is 0 Å². The average molecular weight is 341 g/mol. The van der Waals surface area contributed by atoms with Crippen LogP contribution in [0.4, 0.5) is 11.4 Å². The van der Waals surface area contributed by atoms with Crippen molar-refractivity contribution in [2.24, 2.45) is 0 Å². The number of benzene rings is 2. The molecule has 0 spiro atoms. The topological polar surface area (TPSA) is 53.2 Å². The zero-order valence-corrected chi connectivity index (χ0v) is 15.0. The smallest absolute Gasteiger partial charge is 0.253 e. The van der Waals surface area contributed by atoms with E-state index in [-0.39, 0.29) is 11.9 Å². The van der Waals surface area contributed by atoms with Crippen molar-refractivity contribution in [3.8, 4) is 0 Å². The minimum atomic E-state index is -0.106. The zero-order chi connectivity index (χ0) is 17.5. The van der Waals surface area contributed by atoms with Gasteiger partial charge in [-0.3, -0.25) is 4.79 Å². The number of thiocarbonyl (C=S) groups is 1. The fourth-order valence-electron chi connectivity index (χ4n) is 2.12. The Kier molecular flexibility index (Phi) is 6.32. The molecule has 0 aliphatic rings. The molecule has 4 nitrogen and oxygen atoms in total. The average Bonchev–Trinajstić information content (AvgIpc) is 2.57. The summed E-state index contributed by atoms with van der Waals surface area (Å²) in [5.74, 6) is -0.106. The van der Waals surface area contributed by atoms with Gasteiger partial charge in [0.05, 0.1) is 11.3 Å². The molecule has 2 rings (SSSR count). The van der Waals surface area contributed by atoms with Gasteiger partial charge in [0.1, 0.15) is 0 Å². The molecule has 0 aromatic heterocycles. The number of rotatable bonds is 5. The Morgan fingerprint density at radius 3 is 2.42 bits per heavy atom. The summed E-state index contributed by atoms with van der Waals surface area (Å²) in [6.45, 7) is 6.06. The van der Waals surface area contributed by atoms with Crippen molar-refractivity contribution in [2.45, 2.75) is 33.2 Å². The van der Waals surface area contributed by atoms with Crippen LogP contribution in [0.1, 0.15) is 36.2 Å². The van der Waals surface area contributed by atoms with E-state index in [9.17, 15) is 4.79 Å². The molecule has 0 saturated heterocycles. The monoisotopic (exact) mass is 341 g/mol. The minimum absolute atomic E-state index is 0.106. The molecule has 5 heteroatoms. The van der Waals surface area contributed by atoms with E-state index in [2.05, 4.69) is 16.0 Å². The van der Waals surface area contributed by atoms with Crippen molar-refractivity contribution >= 4 is 34.6 Å². The molecular formula is C19H23N3OS. The fraction of sp³-hybridized carbons (Fsp3) is 0.263. The third-order valence-corrected chi connectivity index (χ3v) is 3.92. The van der Waals surface area contributed by atoms with Crippen molar-refractivity contribution < 1.29 is 4.79 Å². The number of hydrogen-bond donors (Lipinski definition) is 3. The summed E-state index contributed by atoms with van der Waals surface area (Å²) in [5.41, 5.74) is 3.35. The van der Waals surface area contributed by atoms with Crippen molar-refractivity contribution in [3.05, 3.63) is 59.7 Å². The second-order valence-corrected chi connectivity index (χ2v) is 6.18. The molecule has 0 aliphatic carbocycles. The van der Waals surface area contributed by atoms with Gasteiger partial charge in [-0.25, -0.2) is 0 Å². The Morgan fingerprint density at radius 1 is 1.08 bits per heavy atom. The molecule has 0 saturated carbocycles. The Morgan fingerprint density at radius 2 is 1.75 bits per heavy atom. The van der Waals surface area contributed by atoms with E-state index in [1.165, 1.54) is 5.56 Å². The molecule has 1 atom stereocenters. The largest absolute Gasteiger partial charge is 0.350 e. The van der Waals surface area contributed by atoms with Gasteiger partial charge < -0.3 is 16.0 Å². The highest BCUT2D eigenvalue weighted by Gasteiger charge is 2.13. The van der Waals surface area contributed by atoms with E-state index in [1.54, 1.807) is 6.07 Å². The number of amides is 1. The quantitative estimate of drug-likeness (QED) is 0.709. The highest BCUT2D eigenvalue weighted by atomic mass is 32.1. The van der Waals surface area contributed by atoms with Crippen LogP contribution < -0.4 is 16.0 Å². The molecule has 2 aromatic carbocycles. The van der Waals surface area contributed by atoms with Gasteiger partial charge in [-0.05, 0) is 56.8 Å². The lowest BCUT2D eigenvalue weighted by Crippen LogP contribution is -2.32. The van der Waals surface area contributed by atoms with Crippen LogP contribution in [0.2, 0.25) is 0 Å². The fourth-order valence-corrected chi connectivity index (χ4v) is 2.34. The Balaban J connectivity index is 2.07. The van der Waals surface area contributed by atoms with Gasteiger partial charge in [0.25, 0.3) is 5.91 Å². The Hall–Kier alpha value is -2.40. The molecule has 2 aromatic rings. The molecule has 0 radical (unpaired) electrons. The number of carbonyl (C=O) groups is 1. The number of anilines is 2. The molecule has 126 valence electrons. The van der Waals surface area contributed by atoms with Crippen LogP contribution in [-0.4, -0.2) is 17.1 Å². The Bertz CT molecular complexity index is 713. The first kappa shape index (κ1) is 17.9. The molecule has 0 aliphatic heterocycles. The molecule has 0 heterocycles. The maximum Gasteiger partial charge on any atom is 0.253 e. The van der Waals surface area contributed by atoms with Gasteiger partial charge in [0.2, 0.25) is 0 Å². The van der Waals surface area contributed by atoms with Gasteiger partial charge in [-0.15, -0.1) is 0 Å². The van der Waals surface area contributed by atoms with Crippen LogP contribution >= 0.6 is 12.2 Å². The SMILES string of the molecule is CC[C@H](C)NC(=O)c1ccccc1NC(=S)Nc1ccc(C)cc1. The molecule has 0 bridgehead atoms. The van der Waals surface area contributed by atoms with Crippen molar-refractivity contribution in [1.29, 1.82) is 0 Å². The van der Waals surface area contributed by atoms with Gasteiger partial charge in [-0.2, -0.15) is 0 Å². The van der Waals surface area contributed by atoms with E-state index in [0.29, 0.717) is 16.4 Å². The van der Waals surface area contributed by atoms with E-state index < -0.39 is 0 Å². The predicted molar refractivity (Wildman–Crippen MR) is 105 cm³/mol. The maximum absolute atomic E-state index is 12.4. The van der Waals surface area contributed by atoms with Gasteiger partial charge in [-0.1, -0.05) is 36.8 Å². The minimum Gasteiger partial charge on any atom is -0.350 e. The lowest BCUT2D eigenvalue weighted by Gasteiger charge is -2.16. The van der Waals surface area contributed by atoms with Crippen LogP contribution in [0.25, 0.3) is 0 Å².